The van der Waals surface area contributed by atoms with Gasteiger partial charge in [-0.2, -0.15) is 0 Å². The van der Waals surface area contributed by atoms with Crippen LogP contribution in [0.1, 0.15) is 18.1 Å². The van der Waals surface area contributed by atoms with E-state index in [0.29, 0.717) is 6.10 Å². The molecule has 0 N–H and O–H groups in total. The predicted octanol–water partition coefficient (Wildman–Crippen LogP) is 2.22. The smallest absolute Gasteiger partial charge is 0.0674 e. The van der Waals surface area contributed by atoms with Crippen molar-refractivity contribution in [1.29, 1.82) is 0 Å². The van der Waals surface area contributed by atoms with Crippen molar-refractivity contribution in [1.82, 2.24) is 4.90 Å². The van der Waals surface area contributed by atoms with E-state index in [0.717, 1.165) is 26.2 Å². The first-order valence-corrected chi connectivity index (χ1v) is 5.63. The number of hydrogen-bond acceptors (Lipinski definition) is 2. The monoisotopic (exact) mass is 205 g/mol. The number of aryl methyl sites for hydroxylation is 1. The molecule has 0 amide bonds. The third-order valence-electron chi connectivity index (χ3n) is 2.81. The van der Waals surface area contributed by atoms with Gasteiger partial charge in [0.1, 0.15) is 0 Å². The highest BCUT2D eigenvalue weighted by Crippen LogP contribution is 2.11. The van der Waals surface area contributed by atoms with Gasteiger partial charge in [-0.3, -0.25) is 4.90 Å². The molecule has 1 saturated heterocycles. The maximum Gasteiger partial charge on any atom is 0.0674 e. The van der Waals surface area contributed by atoms with Gasteiger partial charge in [0, 0.05) is 19.6 Å². The van der Waals surface area contributed by atoms with Gasteiger partial charge in [0.25, 0.3) is 0 Å². The second-order valence-electron chi connectivity index (χ2n) is 4.41. The van der Waals surface area contributed by atoms with E-state index in [1.54, 1.807) is 0 Å². The van der Waals surface area contributed by atoms with Crippen LogP contribution < -0.4 is 0 Å². The molecular formula is C13H19NO. The number of rotatable bonds is 2. The first-order valence-electron chi connectivity index (χ1n) is 5.63. The Morgan fingerprint density at radius 3 is 3.07 bits per heavy atom. The van der Waals surface area contributed by atoms with Crippen molar-refractivity contribution in [2.24, 2.45) is 0 Å². The minimum atomic E-state index is 0.378. The molecule has 2 nitrogen and oxygen atoms in total. The van der Waals surface area contributed by atoms with E-state index in [2.05, 4.69) is 43.0 Å². The van der Waals surface area contributed by atoms with Crippen LogP contribution in [0.2, 0.25) is 0 Å². The van der Waals surface area contributed by atoms with Crippen LogP contribution in [-0.4, -0.2) is 30.7 Å². The quantitative estimate of drug-likeness (QED) is 0.734. The van der Waals surface area contributed by atoms with Gasteiger partial charge in [-0.15, -0.1) is 0 Å². The van der Waals surface area contributed by atoms with Crippen LogP contribution in [0.3, 0.4) is 0 Å². The highest BCUT2D eigenvalue weighted by atomic mass is 16.5. The number of morpholine rings is 1. The summed E-state index contributed by atoms with van der Waals surface area (Å²) >= 11 is 0. The summed E-state index contributed by atoms with van der Waals surface area (Å²) in [5.74, 6) is 0. The maximum atomic E-state index is 5.53. The average Bonchev–Trinajstić information content (AvgIpc) is 2.17. The van der Waals surface area contributed by atoms with E-state index >= 15 is 0 Å². The minimum absolute atomic E-state index is 0.378. The minimum Gasteiger partial charge on any atom is -0.376 e. The fraction of sp³-hybridized carbons (Fsp3) is 0.538. The summed E-state index contributed by atoms with van der Waals surface area (Å²) in [4.78, 5) is 2.46. The van der Waals surface area contributed by atoms with Gasteiger partial charge in [0.2, 0.25) is 0 Å². The Morgan fingerprint density at radius 2 is 2.33 bits per heavy atom. The van der Waals surface area contributed by atoms with Crippen LogP contribution in [0.5, 0.6) is 0 Å². The third-order valence-corrected chi connectivity index (χ3v) is 2.81. The van der Waals surface area contributed by atoms with Crippen LogP contribution in [0.25, 0.3) is 0 Å². The van der Waals surface area contributed by atoms with Gasteiger partial charge < -0.3 is 4.74 Å². The lowest BCUT2D eigenvalue weighted by molar-refractivity contribution is -0.0212. The molecule has 1 aliphatic heterocycles. The molecule has 1 aliphatic rings. The zero-order valence-electron chi connectivity index (χ0n) is 9.57. The lowest BCUT2D eigenvalue weighted by atomic mass is 10.1. The summed E-state index contributed by atoms with van der Waals surface area (Å²) < 4.78 is 5.53. The summed E-state index contributed by atoms with van der Waals surface area (Å²) in [6, 6.07) is 8.74. The van der Waals surface area contributed by atoms with E-state index in [9.17, 15) is 0 Å². The summed E-state index contributed by atoms with van der Waals surface area (Å²) in [5.41, 5.74) is 2.75. The maximum absolute atomic E-state index is 5.53. The van der Waals surface area contributed by atoms with Gasteiger partial charge >= 0.3 is 0 Å². The van der Waals surface area contributed by atoms with Crippen LogP contribution in [0.15, 0.2) is 24.3 Å². The SMILES string of the molecule is Cc1cccc(CN2CCOC(C)C2)c1. The molecule has 0 radical (unpaired) electrons. The molecule has 1 atom stereocenters. The first-order chi connectivity index (χ1) is 7.24. The zero-order valence-corrected chi connectivity index (χ0v) is 9.57. The molecule has 82 valence electrons. The first kappa shape index (κ1) is 10.7. The van der Waals surface area contributed by atoms with E-state index < -0.39 is 0 Å². The van der Waals surface area contributed by atoms with Crippen molar-refractivity contribution in [3.63, 3.8) is 0 Å². The van der Waals surface area contributed by atoms with Crippen LogP contribution in [0.4, 0.5) is 0 Å². The van der Waals surface area contributed by atoms with Crippen molar-refractivity contribution in [3.8, 4) is 0 Å². The largest absolute Gasteiger partial charge is 0.376 e. The van der Waals surface area contributed by atoms with E-state index in [4.69, 9.17) is 4.74 Å². The standard InChI is InChI=1S/C13H19NO/c1-11-4-3-5-13(8-11)10-14-6-7-15-12(2)9-14/h3-5,8,12H,6-7,9-10H2,1-2H3. The second-order valence-corrected chi connectivity index (χ2v) is 4.41. The Kier molecular flexibility index (Phi) is 3.39. The molecule has 15 heavy (non-hydrogen) atoms. The van der Waals surface area contributed by atoms with Crippen molar-refractivity contribution in [3.05, 3.63) is 35.4 Å². The Morgan fingerprint density at radius 1 is 1.47 bits per heavy atom. The molecule has 0 aromatic heterocycles. The Labute approximate surface area is 91.9 Å². The molecule has 0 bridgehead atoms. The summed E-state index contributed by atoms with van der Waals surface area (Å²) in [7, 11) is 0. The van der Waals surface area contributed by atoms with Gasteiger partial charge in [-0.1, -0.05) is 29.8 Å². The van der Waals surface area contributed by atoms with Crippen LogP contribution in [0, 0.1) is 6.92 Å². The molecule has 1 fully saturated rings. The number of benzene rings is 1. The molecule has 1 aromatic carbocycles. The normalized spacial score (nSPS) is 22.9. The molecule has 0 saturated carbocycles. The molecule has 1 unspecified atom stereocenters. The molecule has 2 rings (SSSR count). The predicted molar refractivity (Wildman–Crippen MR) is 61.9 cm³/mol. The molecule has 2 heteroatoms. The van der Waals surface area contributed by atoms with E-state index in [1.807, 2.05) is 0 Å². The van der Waals surface area contributed by atoms with Crippen LogP contribution >= 0.6 is 0 Å². The lowest BCUT2D eigenvalue weighted by Gasteiger charge is -2.31. The number of nitrogens with zero attached hydrogens (tertiary/aromatic N) is 1. The van der Waals surface area contributed by atoms with Crippen molar-refractivity contribution in [2.45, 2.75) is 26.5 Å². The highest BCUT2D eigenvalue weighted by Gasteiger charge is 2.16. The zero-order chi connectivity index (χ0) is 10.7. The summed E-state index contributed by atoms with van der Waals surface area (Å²) in [6.07, 6.45) is 0.378. The second kappa shape index (κ2) is 4.77. The van der Waals surface area contributed by atoms with Crippen LogP contribution in [-0.2, 0) is 11.3 Å². The third kappa shape index (κ3) is 3.05. The molecular weight excluding hydrogens is 186 g/mol. The Hall–Kier alpha value is -0.860. The fourth-order valence-electron chi connectivity index (χ4n) is 2.10. The lowest BCUT2D eigenvalue weighted by Crippen LogP contribution is -2.40. The summed E-state index contributed by atoms with van der Waals surface area (Å²) in [6.45, 7) is 8.31. The highest BCUT2D eigenvalue weighted by molar-refractivity contribution is 5.22. The van der Waals surface area contributed by atoms with Crippen molar-refractivity contribution < 1.29 is 4.74 Å². The van der Waals surface area contributed by atoms with Gasteiger partial charge in [-0.05, 0) is 19.4 Å². The van der Waals surface area contributed by atoms with Crippen molar-refractivity contribution >= 4 is 0 Å². The Balaban J connectivity index is 1.96. The van der Waals surface area contributed by atoms with Gasteiger partial charge in [0.15, 0.2) is 0 Å². The van der Waals surface area contributed by atoms with E-state index in [1.165, 1.54) is 11.1 Å². The van der Waals surface area contributed by atoms with Crippen molar-refractivity contribution in [2.75, 3.05) is 19.7 Å². The van der Waals surface area contributed by atoms with Gasteiger partial charge in [0.05, 0.1) is 12.7 Å². The summed E-state index contributed by atoms with van der Waals surface area (Å²) in [5, 5.41) is 0. The molecule has 0 aliphatic carbocycles. The average molecular weight is 205 g/mol. The topological polar surface area (TPSA) is 12.5 Å². The number of hydrogen-bond donors (Lipinski definition) is 0. The molecule has 1 aromatic rings. The fourth-order valence-corrected chi connectivity index (χ4v) is 2.10. The van der Waals surface area contributed by atoms with E-state index in [-0.39, 0.29) is 0 Å². The number of ether oxygens (including phenoxy) is 1. The van der Waals surface area contributed by atoms with Gasteiger partial charge in [-0.25, -0.2) is 0 Å². The Bertz CT molecular complexity index is 324. The molecule has 1 heterocycles. The molecule has 0 spiro atoms.